The summed E-state index contributed by atoms with van der Waals surface area (Å²) in [5, 5.41) is 0. The molecule has 1 atom stereocenters. The predicted octanol–water partition coefficient (Wildman–Crippen LogP) is 1.50. The van der Waals surface area contributed by atoms with Crippen molar-refractivity contribution in [3.63, 3.8) is 0 Å². The number of methoxy groups -OCH3 is 1. The van der Waals surface area contributed by atoms with Gasteiger partial charge in [0.1, 0.15) is 30.3 Å². The Morgan fingerprint density at radius 2 is 2.38 bits per heavy atom. The van der Waals surface area contributed by atoms with E-state index in [1.165, 1.54) is 0 Å². The Morgan fingerprint density at radius 3 is 2.50 bits per heavy atom. The Hall–Kier alpha value is 0.715. The molecule has 2 nitrogen and oxygen atoms in total. The molecule has 1 unspecified atom stereocenters. The molecule has 47 valence electrons. The van der Waals surface area contributed by atoms with Gasteiger partial charge in [-0.1, -0.05) is 6.82 Å². The lowest BCUT2D eigenvalue weighted by molar-refractivity contribution is -0.00836. The maximum absolute atomic E-state index is 4.88. The van der Waals surface area contributed by atoms with Gasteiger partial charge in [0.2, 0.25) is 0 Å². The first-order valence-corrected chi connectivity index (χ1v) is 3.31. The van der Waals surface area contributed by atoms with Crippen LogP contribution in [0, 0.1) is 0 Å². The third kappa shape index (κ3) is 3.68. The van der Waals surface area contributed by atoms with Gasteiger partial charge in [-0.2, -0.15) is 0 Å². The van der Waals surface area contributed by atoms with E-state index in [0.717, 1.165) is 6.32 Å². The summed E-state index contributed by atoms with van der Waals surface area (Å²) >= 11 is 1.83. The first-order valence-electron chi connectivity index (χ1n) is 2.43. The number of rotatable bonds is 4. The van der Waals surface area contributed by atoms with Crippen molar-refractivity contribution in [3.05, 3.63) is 0 Å². The summed E-state index contributed by atoms with van der Waals surface area (Å²) in [4.78, 5) is 0. The maximum atomic E-state index is 4.88. The molecule has 0 spiro atoms. The lowest BCUT2D eigenvalue weighted by Gasteiger charge is -2.08. The highest BCUT2D eigenvalue weighted by molar-refractivity contribution is 14.1. The van der Waals surface area contributed by atoms with E-state index < -0.39 is 0 Å². The van der Waals surface area contributed by atoms with E-state index in [-0.39, 0.29) is 6.29 Å². The van der Waals surface area contributed by atoms with Crippen molar-refractivity contribution in [2.24, 2.45) is 0 Å². The molecule has 4 heteroatoms. The molecule has 0 bridgehead atoms. The van der Waals surface area contributed by atoms with Crippen molar-refractivity contribution in [3.8, 4) is 0 Å². The summed E-state index contributed by atoms with van der Waals surface area (Å²) in [6.07, 6.45) is 0.778. The van der Waals surface area contributed by atoms with E-state index in [4.69, 9.17) is 7.80 Å². The van der Waals surface area contributed by atoms with Crippen LogP contribution in [0.2, 0.25) is 13.1 Å². The first kappa shape index (κ1) is 8.71. The third-order valence-corrected chi connectivity index (χ3v) is 1.36. The molecule has 0 saturated heterocycles. The Bertz CT molecular complexity index is 49.3. The largest absolute Gasteiger partial charge is 0.356 e. The Morgan fingerprint density at radius 1 is 1.75 bits per heavy atom. The highest BCUT2D eigenvalue weighted by Crippen LogP contribution is 2.03. The Balaban J connectivity index is 3.07. The van der Waals surface area contributed by atoms with Crippen LogP contribution >= 0.6 is 23.0 Å². The zero-order chi connectivity index (χ0) is 6.41. The van der Waals surface area contributed by atoms with Gasteiger partial charge in [0.05, 0.1) is 0 Å². The van der Waals surface area contributed by atoms with Gasteiger partial charge < -0.3 is 4.74 Å². The molecule has 1 radical (unpaired) electrons. The Labute approximate surface area is 64.9 Å². The summed E-state index contributed by atoms with van der Waals surface area (Å²) in [7, 11) is 3.64. The van der Waals surface area contributed by atoms with Gasteiger partial charge in [-0.15, -0.1) is 0 Å². The molecule has 0 fully saturated rings. The normalized spacial score (nSPS) is 13.4. The van der Waals surface area contributed by atoms with Gasteiger partial charge in [0.15, 0.2) is 6.29 Å². The van der Waals surface area contributed by atoms with Crippen LogP contribution in [-0.4, -0.2) is 20.7 Å². The number of halogens is 1. The summed E-state index contributed by atoms with van der Waals surface area (Å²) in [6, 6.07) is 0. The van der Waals surface area contributed by atoms with E-state index in [9.17, 15) is 0 Å². The second kappa shape index (κ2) is 5.84. The minimum Gasteiger partial charge on any atom is -0.356 e. The van der Waals surface area contributed by atoms with Crippen molar-refractivity contribution in [2.45, 2.75) is 19.4 Å². The summed E-state index contributed by atoms with van der Waals surface area (Å²) in [5.74, 6) is 0. The average molecular weight is 227 g/mol. The molecule has 0 aliphatic rings. The fraction of sp³-hybridized carbons (Fsp3) is 1.00. The van der Waals surface area contributed by atoms with Crippen molar-refractivity contribution in [1.82, 2.24) is 0 Å². The number of hydrogen-bond acceptors (Lipinski definition) is 2. The molecule has 0 saturated carbocycles. The first-order chi connectivity index (χ1) is 3.85. The van der Waals surface area contributed by atoms with Crippen molar-refractivity contribution < 1.29 is 7.80 Å². The van der Waals surface area contributed by atoms with E-state index in [1.54, 1.807) is 7.11 Å². The minimum absolute atomic E-state index is 0.0689. The number of hydrogen-bond donors (Lipinski definition) is 0. The van der Waals surface area contributed by atoms with Crippen LogP contribution in [0.1, 0.15) is 0 Å². The Kier molecular flexibility index (Phi) is 6.37. The van der Waals surface area contributed by atoms with Gasteiger partial charge in [-0.3, -0.25) is 3.07 Å². The number of ether oxygens (including phenoxy) is 1. The van der Waals surface area contributed by atoms with E-state index >= 15 is 0 Å². The second-order valence-corrected chi connectivity index (χ2v) is 1.91. The maximum Gasteiger partial charge on any atom is 0.161 e. The van der Waals surface area contributed by atoms with Crippen LogP contribution in [0.15, 0.2) is 0 Å². The molecule has 0 aromatic rings. The van der Waals surface area contributed by atoms with Crippen LogP contribution in [0.3, 0.4) is 0 Å². The lowest BCUT2D eigenvalue weighted by atomic mass is 9.78. The molecular weight excluding hydrogens is 218 g/mol. The zero-order valence-corrected chi connectivity index (χ0v) is 7.21. The van der Waals surface area contributed by atoms with E-state index in [0.29, 0.717) is 0 Å². The van der Waals surface area contributed by atoms with E-state index in [1.807, 2.05) is 37.1 Å². The smallest absolute Gasteiger partial charge is 0.161 e. The predicted molar refractivity (Wildman–Crippen MR) is 42.3 cm³/mol. The van der Waals surface area contributed by atoms with Crippen LogP contribution in [0.25, 0.3) is 0 Å². The molecule has 0 aromatic heterocycles. The third-order valence-electron chi connectivity index (χ3n) is 0.790. The lowest BCUT2D eigenvalue weighted by Crippen LogP contribution is -2.10. The second-order valence-electron chi connectivity index (χ2n) is 1.40. The molecule has 0 heterocycles. The topological polar surface area (TPSA) is 18.5 Å². The molecule has 0 rings (SSSR count). The average Bonchev–Trinajstić information content (AvgIpc) is 1.83. The molecule has 0 amide bonds. The molecule has 0 aromatic carbocycles. The minimum atomic E-state index is -0.0689. The molecule has 8 heavy (non-hydrogen) atoms. The highest BCUT2D eigenvalue weighted by Gasteiger charge is 2.01. The fourth-order valence-corrected chi connectivity index (χ4v) is 0.777. The standard InChI is InChI=1S/C4H9BIO2/c1-5-3-4(7-2)8-6/h4H,3H2,1-2H3. The molecule has 0 aliphatic heterocycles. The van der Waals surface area contributed by atoms with Gasteiger partial charge >= 0.3 is 0 Å². The van der Waals surface area contributed by atoms with Gasteiger partial charge in [0.25, 0.3) is 0 Å². The van der Waals surface area contributed by atoms with E-state index in [2.05, 4.69) is 0 Å². The van der Waals surface area contributed by atoms with Crippen molar-refractivity contribution in [1.29, 1.82) is 0 Å². The highest BCUT2D eigenvalue weighted by atomic mass is 127. The van der Waals surface area contributed by atoms with Gasteiger partial charge in [-0.05, 0) is 6.32 Å². The van der Waals surface area contributed by atoms with Crippen LogP contribution < -0.4 is 0 Å². The summed E-state index contributed by atoms with van der Waals surface area (Å²) in [5.41, 5.74) is 0. The molecule has 0 aliphatic carbocycles. The van der Waals surface area contributed by atoms with Crippen molar-refractivity contribution in [2.75, 3.05) is 7.11 Å². The van der Waals surface area contributed by atoms with Crippen LogP contribution in [0.5, 0.6) is 0 Å². The van der Waals surface area contributed by atoms with Crippen LogP contribution in [0.4, 0.5) is 0 Å². The zero-order valence-electron chi connectivity index (χ0n) is 5.06. The van der Waals surface area contributed by atoms with Gasteiger partial charge in [0, 0.05) is 7.11 Å². The summed E-state index contributed by atoms with van der Waals surface area (Å²) in [6.45, 7) is 1.97. The fourth-order valence-electron chi connectivity index (χ4n) is 0.361. The van der Waals surface area contributed by atoms with Crippen LogP contribution in [-0.2, 0) is 7.80 Å². The quantitative estimate of drug-likeness (QED) is 0.411. The molecule has 0 N–H and O–H groups in total. The van der Waals surface area contributed by atoms with Gasteiger partial charge in [-0.25, -0.2) is 0 Å². The SMILES string of the molecule is C[B]CC(OC)OI. The molecular formula is C4H9BIO2. The summed E-state index contributed by atoms with van der Waals surface area (Å²) < 4.78 is 9.74. The van der Waals surface area contributed by atoms with Crippen molar-refractivity contribution >= 4 is 30.3 Å². The monoisotopic (exact) mass is 227 g/mol.